The number of aryl methyl sites for hydroxylation is 1. The Morgan fingerprint density at radius 3 is 3.15 bits per heavy atom. The Labute approximate surface area is 76.9 Å². The lowest BCUT2D eigenvalue weighted by Crippen LogP contribution is -2.37. The molecule has 0 bridgehead atoms. The fourth-order valence-corrected chi connectivity index (χ4v) is 1.79. The topological polar surface area (TPSA) is 58.3 Å². The number of rotatable bonds is 1. The van der Waals surface area contributed by atoms with E-state index in [9.17, 15) is 5.11 Å². The van der Waals surface area contributed by atoms with Gasteiger partial charge in [0.05, 0.1) is 17.8 Å². The summed E-state index contributed by atoms with van der Waals surface area (Å²) in [4.78, 5) is 0. The Balaban J connectivity index is 2.19. The fourth-order valence-electron chi connectivity index (χ4n) is 1.79. The highest BCUT2D eigenvalue weighted by Gasteiger charge is 2.26. The molecule has 13 heavy (non-hydrogen) atoms. The van der Waals surface area contributed by atoms with E-state index in [4.69, 9.17) is 4.52 Å². The molecule has 0 saturated carbocycles. The molecule has 0 amide bonds. The van der Waals surface area contributed by atoms with Gasteiger partial charge in [0.1, 0.15) is 6.26 Å². The lowest BCUT2D eigenvalue weighted by atomic mass is 9.95. The van der Waals surface area contributed by atoms with E-state index in [2.05, 4.69) is 10.5 Å². The third-order valence-corrected chi connectivity index (χ3v) is 2.55. The van der Waals surface area contributed by atoms with Crippen molar-refractivity contribution in [2.75, 3.05) is 6.54 Å². The quantitative estimate of drug-likeness (QED) is 0.673. The van der Waals surface area contributed by atoms with E-state index in [0.717, 1.165) is 30.6 Å². The van der Waals surface area contributed by atoms with Crippen molar-refractivity contribution >= 4 is 0 Å². The molecular formula is C9H14N2O2. The van der Waals surface area contributed by atoms with Gasteiger partial charge in [0, 0.05) is 5.56 Å². The molecule has 4 nitrogen and oxygen atoms in total. The average molecular weight is 182 g/mol. The van der Waals surface area contributed by atoms with Crippen LogP contribution < -0.4 is 5.32 Å². The van der Waals surface area contributed by atoms with Gasteiger partial charge in [-0.3, -0.25) is 0 Å². The van der Waals surface area contributed by atoms with Gasteiger partial charge >= 0.3 is 0 Å². The summed E-state index contributed by atoms with van der Waals surface area (Å²) >= 11 is 0. The smallest absolute Gasteiger partial charge is 0.128 e. The number of hydrogen-bond donors (Lipinski definition) is 2. The summed E-state index contributed by atoms with van der Waals surface area (Å²) in [5.74, 6) is 0. The highest BCUT2D eigenvalue weighted by molar-refractivity contribution is 5.19. The van der Waals surface area contributed by atoms with Gasteiger partial charge in [0.25, 0.3) is 0 Å². The van der Waals surface area contributed by atoms with Gasteiger partial charge in [-0.25, -0.2) is 0 Å². The number of aromatic nitrogens is 1. The fraction of sp³-hybridized carbons (Fsp3) is 0.667. The monoisotopic (exact) mass is 182 g/mol. The number of nitrogens with one attached hydrogen (secondary N) is 1. The van der Waals surface area contributed by atoms with Crippen molar-refractivity contribution in [3.63, 3.8) is 0 Å². The molecule has 2 N–H and O–H groups in total. The summed E-state index contributed by atoms with van der Waals surface area (Å²) < 4.78 is 4.85. The number of piperidine rings is 1. The van der Waals surface area contributed by atoms with E-state index < -0.39 is 0 Å². The zero-order valence-electron chi connectivity index (χ0n) is 7.66. The van der Waals surface area contributed by atoms with Gasteiger partial charge in [-0.15, -0.1) is 0 Å². The summed E-state index contributed by atoms with van der Waals surface area (Å²) in [6.07, 6.45) is 3.18. The number of aliphatic hydroxyl groups excluding tert-OH is 1. The van der Waals surface area contributed by atoms with Crippen molar-refractivity contribution < 1.29 is 9.63 Å². The van der Waals surface area contributed by atoms with Crippen LogP contribution in [0.4, 0.5) is 0 Å². The molecule has 1 aromatic rings. The third-order valence-electron chi connectivity index (χ3n) is 2.55. The minimum atomic E-state index is -0.313. The average Bonchev–Trinajstić information content (AvgIpc) is 2.52. The highest BCUT2D eigenvalue weighted by Crippen LogP contribution is 2.25. The molecular weight excluding hydrogens is 168 g/mol. The van der Waals surface area contributed by atoms with E-state index >= 15 is 0 Å². The van der Waals surface area contributed by atoms with Crippen molar-refractivity contribution in [3.05, 3.63) is 17.5 Å². The zero-order valence-corrected chi connectivity index (χ0v) is 7.66. The maximum atomic E-state index is 9.73. The molecule has 2 heterocycles. The summed E-state index contributed by atoms with van der Waals surface area (Å²) in [6, 6.07) is -0.000000000000000222. The molecule has 2 atom stereocenters. The Hall–Kier alpha value is -0.870. The Morgan fingerprint density at radius 2 is 2.54 bits per heavy atom. The van der Waals surface area contributed by atoms with Gasteiger partial charge in [0.2, 0.25) is 0 Å². The van der Waals surface area contributed by atoms with Crippen LogP contribution in [0.25, 0.3) is 0 Å². The van der Waals surface area contributed by atoms with Crippen LogP contribution in [0.5, 0.6) is 0 Å². The van der Waals surface area contributed by atoms with E-state index in [-0.39, 0.29) is 12.1 Å². The van der Waals surface area contributed by atoms with E-state index in [0.29, 0.717) is 0 Å². The number of nitrogens with zero attached hydrogens (tertiary/aromatic N) is 1. The third kappa shape index (κ3) is 1.59. The molecule has 72 valence electrons. The molecule has 1 aliphatic rings. The summed E-state index contributed by atoms with van der Waals surface area (Å²) in [5, 5.41) is 16.8. The maximum absolute atomic E-state index is 9.73. The van der Waals surface area contributed by atoms with Crippen LogP contribution in [0, 0.1) is 6.92 Å². The predicted molar refractivity (Wildman–Crippen MR) is 47.2 cm³/mol. The van der Waals surface area contributed by atoms with Crippen molar-refractivity contribution in [3.8, 4) is 0 Å². The first-order chi connectivity index (χ1) is 6.29. The first kappa shape index (κ1) is 8.72. The SMILES string of the molecule is Cc1nocc1C1NCCCC1O. The van der Waals surface area contributed by atoms with Crippen molar-refractivity contribution in [1.82, 2.24) is 10.5 Å². The molecule has 1 aliphatic heterocycles. The van der Waals surface area contributed by atoms with E-state index in [1.54, 1.807) is 6.26 Å². The van der Waals surface area contributed by atoms with Gasteiger partial charge in [-0.1, -0.05) is 5.16 Å². The molecule has 1 fully saturated rings. The van der Waals surface area contributed by atoms with Gasteiger partial charge in [0.15, 0.2) is 0 Å². The molecule has 0 radical (unpaired) electrons. The van der Waals surface area contributed by atoms with Crippen LogP contribution in [0.3, 0.4) is 0 Å². The molecule has 4 heteroatoms. The van der Waals surface area contributed by atoms with Crippen molar-refractivity contribution in [2.24, 2.45) is 0 Å². The second-order valence-corrected chi connectivity index (χ2v) is 3.50. The minimum absolute atomic E-state index is 0.000000000000000222. The Bertz CT molecular complexity index is 285. The molecule has 2 unspecified atom stereocenters. The first-order valence-corrected chi connectivity index (χ1v) is 4.61. The van der Waals surface area contributed by atoms with Crippen LogP contribution in [-0.4, -0.2) is 22.9 Å². The van der Waals surface area contributed by atoms with E-state index in [1.165, 1.54) is 0 Å². The lowest BCUT2D eigenvalue weighted by molar-refractivity contribution is 0.0960. The zero-order chi connectivity index (χ0) is 9.26. The number of aliphatic hydroxyl groups is 1. The summed E-state index contributed by atoms with van der Waals surface area (Å²) in [5.41, 5.74) is 1.84. The second kappa shape index (κ2) is 3.47. The molecule has 1 aromatic heterocycles. The lowest BCUT2D eigenvalue weighted by Gasteiger charge is -2.28. The van der Waals surface area contributed by atoms with Gasteiger partial charge in [-0.2, -0.15) is 0 Å². The van der Waals surface area contributed by atoms with Crippen molar-refractivity contribution in [2.45, 2.75) is 31.9 Å². The maximum Gasteiger partial charge on any atom is 0.128 e. The molecule has 0 spiro atoms. The summed E-state index contributed by atoms with van der Waals surface area (Å²) in [7, 11) is 0. The Morgan fingerprint density at radius 1 is 1.69 bits per heavy atom. The molecule has 2 rings (SSSR count). The molecule has 1 saturated heterocycles. The van der Waals surface area contributed by atoms with Crippen LogP contribution >= 0.6 is 0 Å². The number of hydrogen-bond acceptors (Lipinski definition) is 4. The van der Waals surface area contributed by atoms with E-state index in [1.807, 2.05) is 6.92 Å². The van der Waals surface area contributed by atoms with Crippen molar-refractivity contribution in [1.29, 1.82) is 0 Å². The molecule has 0 aromatic carbocycles. The minimum Gasteiger partial charge on any atom is -0.391 e. The largest absolute Gasteiger partial charge is 0.391 e. The predicted octanol–water partition coefficient (Wildman–Crippen LogP) is 0.768. The van der Waals surface area contributed by atoms with Crippen LogP contribution in [-0.2, 0) is 0 Å². The van der Waals surface area contributed by atoms with Gasteiger partial charge in [-0.05, 0) is 26.3 Å². The highest BCUT2D eigenvalue weighted by atomic mass is 16.5. The first-order valence-electron chi connectivity index (χ1n) is 4.61. The Kier molecular flexibility index (Phi) is 2.33. The molecule has 0 aliphatic carbocycles. The van der Waals surface area contributed by atoms with Gasteiger partial charge < -0.3 is 14.9 Å². The van der Waals surface area contributed by atoms with Crippen LogP contribution in [0.1, 0.15) is 30.1 Å². The van der Waals surface area contributed by atoms with Crippen LogP contribution in [0.2, 0.25) is 0 Å². The summed E-state index contributed by atoms with van der Waals surface area (Å²) in [6.45, 7) is 2.84. The second-order valence-electron chi connectivity index (χ2n) is 3.50. The van der Waals surface area contributed by atoms with Crippen LogP contribution in [0.15, 0.2) is 10.8 Å². The normalized spacial score (nSPS) is 29.1. The standard InChI is InChI=1S/C9H14N2O2/c1-6-7(5-13-11-6)9-8(12)3-2-4-10-9/h5,8-10,12H,2-4H2,1H3.